The third-order valence-corrected chi connectivity index (χ3v) is 13.0. The SMILES string of the molecule is c1ccc(-c2nc(-c3ccc(-c4cccc(-c5nc6ccccc6c6oc(-c7ccccc7)c(-c7ccccc7)c56)c4)cc3)cc(-c3cccc(-n4c5ccccc5c5ccccc54)c3)n2)cc1. The van der Waals surface area contributed by atoms with Gasteiger partial charge in [-0.15, -0.1) is 0 Å². The Kier molecular flexibility index (Phi) is 9.43. The second-order valence-corrected chi connectivity index (χ2v) is 17.1. The summed E-state index contributed by atoms with van der Waals surface area (Å²) in [4.78, 5) is 15.8. The molecule has 0 aliphatic rings. The van der Waals surface area contributed by atoms with Gasteiger partial charge in [-0.1, -0.05) is 194 Å². The predicted molar refractivity (Wildman–Crippen MR) is 279 cm³/mol. The molecular weight excluding hydrogens is 829 g/mol. The Bertz CT molecular complexity index is 3950. The van der Waals surface area contributed by atoms with Crippen LogP contribution in [0.5, 0.6) is 0 Å². The van der Waals surface area contributed by atoms with E-state index in [1.54, 1.807) is 0 Å². The summed E-state index contributed by atoms with van der Waals surface area (Å²) in [6.07, 6.45) is 0. The summed E-state index contributed by atoms with van der Waals surface area (Å²) in [5.41, 5.74) is 17.0. The fourth-order valence-electron chi connectivity index (χ4n) is 9.81. The number of pyridine rings is 1. The lowest BCUT2D eigenvalue weighted by molar-refractivity contribution is 0.636. The number of hydrogen-bond donors (Lipinski definition) is 0. The first kappa shape index (κ1) is 39.2. The third-order valence-electron chi connectivity index (χ3n) is 13.0. The van der Waals surface area contributed by atoms with E-state index in [1.165, 1.54) is 21.8 Å². The highest BCUT2D eigenvalue weighted by atomic mass is 16.3. The summed E-state index contributed by atoms with van der Waals surface area (Å²) in [7, 11) is 0. The van der Waals surface area contributed by atoms with Crippen molar-refractivity contribution in [2.24, 2.45) is 0 Å². The molecule has 9 aromatic carbocycles. The molecular formula is C63H40N4O. The normalized spacial score (nSPS) is 11.5. The lowest BCUT2D eigenvalue weighted by atomic mass is 9.93. The first-order valence-electron chi connectivity index (χ1n) is 22.9. The smallest absolute Gasteiger partial charge is 0.160 e. The summed E-state index contributed by atoms with van der Waals surface area (Å²) in [6.45, 7) is 0. The van der Waals surface area contributed by atoms with Crippen LogP contribution >= 0.6 is 0 Å². The van der Waals surface area contributed by atoms with Gasteiger partial charge in [0.1, 0.15) is 11.3 Å². The number of nitrogens with zero attached hydrogens (tertiary/aromatic N) is 4. The first-order chi connectivity index (χ1) is 33.7. The molecule has 13 aromatic rings. The van der Waals surface area contributed by atoms with Crippen molar-refractivity contribution < 1.29 is 4.42 Å². The minimum atomic E-state index is 0.677. The number of hydrogen-bond acceptors (Lipinski definition) is 4. The second-order valence-electron chi connectivity index (χ2n) is 17.1. The van der Waals surface area contributed by atoms with E-state index >= 15 is 0 Å². The molecule has 0 atom stereocenters. The molecule has 0 saturated heterocycles. The van der Waals surface area contributed by atoms with Crippen LogP contribution in [0.3, 0.4) is 0 Å². The van der Waals surface area contributed by atoms with E-state index in [-0.39, 0.29) is 0 Å². The highest BCUT2D eigenvalue weighted by molar-refractivity contribution is 6.17. The van der Waals surface area contributed by atoms with Gasteiger partial charge in [-0.05, 0) is 65.2 Å². The Morgan fingerprint density at radius 2 is 0.868 bits per heavy atom. The van der Waals surface area contributed by atoms with Gasteiger partial charge < -0.3 is 8.98 Å². The minimum Gasteiger partial charge on any atom is -0.455 e. The monoisotopic (exact) mass is 868 g/mol. The molecule has 13 rings (SSSR count). The highest BCUT2D eigenvalue weighted by Crippen LogP contribution is 2.47. The van der Waals surface area contributed by atoms with E-state index in [2.05, 4.69) is 217 Å². The molecule has 0 fully saturated rings. The number of aromatic nitrogens is 4. The van der Waals surface area contributed by atoms with E-state index in [0.717, 1.165) is 100 Å². The van der Waals surface area contributed by atoms with Crippen molar-refractivity contribution in [3.63, 3.8) is 0 Å². The average molecular weight is 869 g/mol. The molecule has 4 aromatic heterocycles. The molecule has 0 amide bonds. The largest absolute Gasteiger partial charge is 0.455 e. The van der Waals surface area contributed by atoms with E-state index in [9.17, 15) is 0 Å². The van der Waals surface area contributed by atoms with Gasteiger partial charge in [0, 0.05) is 55.2 Å². The van der Waals surface area contributed by atoms with Crippen LogP contribution in [-0.4, -0.2) is 19.5 Å². The Morgan fingerprint density at radius 3 is 1.57 bits per heavy atom. The third kappa shape index (κ3) is 6.76. The number of rotatable bonds is 8. The Balaban J connectivity index is 0.911. The van der Waals surface area contributed by atoms with Gasteiger partial charge in [0.25, 0.3) is 0 Å². The van der Waals surface area contributed by atoms with E-state index in [4.69, 9.17) is 19.4 Å². The van der Waals surface area contributed by atoms with Gasteiger partial charge in [0.15, 0.2) is 5.82 Å². The summed E-state index contributed by atoms with van der Waals surface area (Å²) in [5.74, 6) is 1.51. The number of benzene rings is 9. The van der Waals surface area contributed by atoms with Gasteiger partial charge in [-0.3, -0.25) is 0 Å². The fourth-order valence-corrected chi connectivity index (χ4v) is 9.81. The number of fused-ring (bicyclic) bond motifs is 6. The maximum absolute atomic E-state index is 6.96. The van der Waals surface area contributed by atoms with Gasteiger partial charge in [0.05, 0.1) is 39.0 Å². The molecule has 0 aliphatic heterocycles. The predicted octanol–water partition coefficient (Wildman–Crippen LogP) is 16.5. The van der Waals surface area contributed by atoms with E-state index < -0.39 is 0 Å². The van der Waals surface area contributed by atoms with Crippen LogP contribution in [0.4, 0.5) is 0 Å². The Labute approximate surface area is 392 Å². The molecule has 5 nitrogen and oxygen atoms in total. The van der Waals surface area contributed by atoms with Crippen molar-refractivity contribution >= 4 is 43.7 Å². The molecule has 0 aliphatic carbocycles. The van der Waals surface area contributed by atoms with Crippen molar-refractivity contribution in [3.05, 3.63) is 243 Å². The zero-order valence-corrected chi connectivity index (χ0v) is 36.8. The number of para-hydroxylation sites is 3. The zero-order valence-electron chi connectivity index (χ0n) is 36.8. The van der Waals surface area contributed by atoms with Gasteiger partial charge >= 0.3 is 0 Å². The molecule has 0 saturated carbocycles. The maximum Gasteiger partial charge on any atom is 0.160 e. The Hall–Kier alpha value is -9.19. The summed E-state index contributed by atoms with van der Waals surface area (Å²) in [5, 5.41) is 4.44. The quantitative estimate of drug-likeness (QED) is 0.153. The standard InChI is InChI=1S/C63H40N4O/c1-4-18-43(19-5-1)58-59-60(64-53-31-13-10-30-52(53)62(59)68-61(58)44-20-6-2-7-21-44)48-26-16-24-46(38-48)41-34-36-42(37-35-41)54-40-55(66-63(65-54)45-22-8-3-9-23-45)47-25-17-27-49(39-47)67-56-32-14-11-28-50(56)51-29-12-15-33-57(51)67/h1-40H. The van der Waals surface area contributed by atoms with Crippen molar-refractivity contribution in [2.75, 3.05) is 0 Å². The molecule has 0 radical (unpaired) electrons. The first-order valence-corrected chi connectivity index (χ1v) is 22.9. The molecule has 318 valence electrons. The minimum absolute atomic E-state index is 0.677. The van der Waals surface area contributed by atoms with Crippen molar-refractivity contribution in [1.82, 2.24) is 19.5 Å². The maximum atomic E-state index is 6.96. The lowest BCUT2D eigenvalue weighted by Crippen LogP contribution is -1.98. The van der Waals surface area contributed by atoms with Crippen LogP contribution in [0.1, 0.15) is 0 Å². The summed E-state index contributed by atoms with van der Waals surface area (Å²) < 4.78 is 9.31. The van der Waals surface area contributed by atoms with E-state index in [0.29, 0.717) is 5.82 Å². The van der Waals surface area contributed by atoms with Crippen LogP contribution in [0.15, 0.2) is 247 Å². The molecule has 0 spiro atoms. The van der Waals surface area contributed by atoms with Gasteiger partial charge in [-0.2, -0.15) is 0 Å². The Morgan fingerprint density at radius 1 is 0.338 bits per heavy atom. The van der Waals surface area contributed by atoms with Crippen LogP contribution in [0.2, 0.25) is 0 Å². The fraction of sp³-hybridized carbons (Fsp3) is 0. The zero-order chi connectivity index (χ0) is 45.0. The highest BCUT2D eigenvalue weighted by Gasteiger charge is 2.24. The van der Waals surface area contributed by atoms with Crippen LogP contribution in [0, 0.1) is 0 Å². The van der Waals surface area contributed by atoms with Crippen LogP contribution in [-0.2, 0) is 0 Å². The molecule has 0 bridgehead atoms. The van der Waals surface area contributed by atoms with Crippen molar-refractivity contribution in [2.45, 2.75) is 0 Å². The van der Waals surface area contributed by atoms with Gasteiger partial charge in [-0.25, -0.2) is 15.0 Å². The summed E-state index contributed by atoms with van der Waals surface area (Å²) in [6, 6.07) is 84.8. The second kappa shape index (κ2) is 16.4. The van der Waals surface area contributed by atoms with Crippen molar-refractivity contribution in [3.8, 4) is 84.4 Å². The molecule has 4 heterocycles. The van der Waals surface area contributed by atoms with Crippen LogP contribution in [0.25, 0.3) is 128 Å². The number of furan rings is 1. The summed E-state index contributed by atoms with van der Waals surface area (Å²) >= 11 is 0. The van der Waals surface area contributed by atoms with Gasteiger partial charge in [0.2, 0.25) is 0 Å². The van der Waals surface area contributed by atoms with E-state index in [1.807, 2.05) is 30.3 Å². The molecule has 68 heavy (non-hydrogen) atoms. The molecule has 0 unspecified atom stereocenters. The average Bonchev–Trinajstić information content (AvgIpc) is 3.99. The molecule has 0 N–H and O–H groups in total. The lowest BCUT2D eigenvalue weighted by Gasteiger charge is -2.13. The van der Waals surface area contributed by atoms with Crippen LogP contribution < -0.4 is 0 Å². The van der Waals surface area contributed by atoms with Crippen molar-refractivity contribution in [1.29, 1.82) is 0 Å². The topological polar surface area (TPSA) is 56.7 Å². The molecule has 5 heteroatoms.